The van der Waals surface area contributed by atoms with E-state index in [9.17, 15) is 4.39 Å². The van der Waals surface area contributed by atoms with Crippen molar-refractivity contribution in [2.24, 2.45) is 5.92 Å². The summed E-state index contributed by atoms with van der Waals surface area (Å²) in [6.07, 6.45) is 5.24. The van der Waals surface area contributed by atoms with Crippen molar-refractivity contribution in [2.45, 2.75) is 38.5 Å². The fraction of sp³-hybridized carbons (Fsp3) is 0.368. The molecule has 0 unspecified atom stereocenters. The van der Waals surface area contributed by atoms with Gasteiger partial charge in [-0.05, 0) is 47.4 Å². The molecule has 0 aliphatic heterocycles. The van der Waals surface area contributed by atoms with Gasteiger partial charge in [0.25, 0.3) is 0 Å². The lowest BCUT2D eigenvalue weighted by molar-refractivity contribution is 0.348. The number of rotatable bonds is 2. The molecule has 0 atom stereocenters. The van der Waals surface area contributed by atoms with Crippen molar-refractivity contribution >= 4 is 13.3 Å². The molecule has 0 nitrogen and oxygen atoms in total. The Kier molecular flexibility index (Phi) is 4.14. The van der Waals surface area contributed by atoms with Gasteiger partial charge in [0.05, 0.1) is 0 Å². The Morgan fingerprint density at radius 1 is 0.905 bits per heavy atom. The average Bonchev–Trinajstić information content (AvgIpc) is 2.51. The van der Waals surface area contributed by atoms with Crippen LogP contribution in [0.2, 0.25) is 0 Å². The quantitative estimate of drug-likeness (QED) is 0.705. The predicted molar refractivity (Wildman–Crippen MR) is 87.6 cm³/mol. The van der Waals surface area contributed by atoms with E-state index in [0.29, 0.717) is 5.92 Å². The first-order valence-corrected chi connectivity index (χ1v) is 7.79. The molecule has 2 aromatic carbocycles. The van der Waals surface area contributed by atoms with Gasteiger partial charge in [0, 0.05) is 0 Å². The van der Waals surface area contributed by atoms with Gasteiger partial charge in [0.2, 0.25) is 0 Å². The van der Waals surface area contributed by atoms with E-state index in [0.717, 1.165) is 17.0 Å². The molecule has 1 fully saturated rings. The Labute approximate surface area is 127 Å². The number of hydrogen-bond donors (Lipinski definition) is 0. The summed E-state index contributed by atoms with van der Waals surface area (Å²) in [4.78, 5) is 0. The third kappa shape index (κ3) is 3.20. The lowest BCUT2D eigenvalue weighted by Gasteiger charge is -2.26. The molecule has 2 radical (unpaired) electrons. The van der Waals surface area contributed by atoms with Crippen molar-refractivity contribution in [2.75, 3.05) is 0 Å². The molecule has 0 N–H and O–H groups in total. The van der Waals surface area contributed by atoms with Crippen molar-refractivity contribution < 1.29 is 4.39 Å². The van der Waals surface area contributed by atoms with Crippen LogP contribution >= 0.6 is 0 Å². The smallest absolute Gasteiger partial charge is 0.117 e. The highest BCUT2D eigenvalue weighted by Gasteiger charge is 2.19. The summed E-state index contributed by atoms with van der Waals surface area (Å²) in [6, 6.07) is 13.6. The summed E-state index contributed by atoms with van der Waals surface area (Å²) < 4.78 is 13.5. The van der Waals surface area contributed by atoms with Gasteiger partial charge in [0.15, 0.2) is 0 Å². The van der Waals surface area contributed by atoms with E-state index in [1.165, 1.54) is 37.3 Å². The van der Waals surface area contributed by atoms with Crippen LogP contribution in [-0.4, -0.2) is 7.85 Å². The van der Waals surface area contributed by atoms with Crippen molar-refractivity contribution in [3.63, 3.8) is 0 Å². The minimum atomic E-state index is -0.349. The van der Waals surface area contributed by atoms with E-state index < -0.39 is 0 Å². The van der Waals surface area contributed by atoms with Crippen molar-refractivity contribution in [3.8, 4) is 11.1 Å². The SMILES string of the molecule is [B]c1ccc(-c2ccc(C3CCC(C)CC3)cc2)cc1F. The molecule has 0 saturated heterocycles. The van der Waals surface area contributed by atoms with Gasteiger partial charge in [-0.25, -0.2) is 4.39 Å². The van der Waals surface area contributed by atoms with E-state index >= 15 is 0 Å². The molecule has 0 spiro atoms. The monoisotopic (exact) mass is 278 g/mol. The zero-order valence-corrected chi connectivity index (χ0v) is 12.5. The Morgan fingerprint density at radius 3 is 2.14 bits per heavy atom. The van der Waals surface area contributed by atoms with Gasteiger partial charge in [0.1, 0.15) is 13.7 Å². The second-order valence-corrected chi connectivity index (χ2v) is 6.32. The summed E-state index contributed by atoms with van der Waals surface area (Å²) in [6.45, 7) is 2.34. The summed E-state index contributed by atoms with van der Waals surface area (Å²) in [5, 5.41) is 0. The zero-order valence-electron chi connectivity index (χ0n) is 12.5. The first-order chi connectivity index (χ1) is 10.1. The average molecular weight is 278 g/mol. The number of halogens is 1. The molecule has 2 heteroatoms. The van der Waals surface area contributed by atoms with Crippen LogP contribution < -0.4 is 5.46 Å². The van der Waals surface area contributed by atoms with Crippen LogP contribution in [0.1, 0.15) is 44.1 Å². The molecule has 2 aromatic rings. The Morgan fingerprint density at radius 2 is 1.52 bits per heavy atom. The predicted octanol–water partition coefficient (Wildman–Crippen LogP) is 4.58. The lowest BCUT2D eigenvalue weighted by atomic mass is 9.79. The standard InChI is InChI=1S/C19H20BF/c1-13-2-4-14(5-3-13)15-6-8-16(9-7-15)17-10-11-18(20)19(21)12-17/h6-14H,2-5H2,1H3. The van der Waals surface area contributed by atoms with Crippen LogP contribution in [0.4, 0.5) is 4.39 Å². The highest BCUT2D eigenvalue weighted by molar-refractivity contribution is 6.32. The van der Waals surface area contributed by atoms with E-state index in [-0.39, 0.29) is 11.3 Å². The van der Waals surface area contributed by atoms with Gasteiger partial charge in [-0.3, -0.25) is 0 Å². The second kappa shape index (κ2) is 6.05. The van der Waals surface area contributed by atoms with Gasteiger partial charge in [-0.1, -0.05) is 61.6 Å². The highest BCUT2D eigenvalue weighted by atomic mass is 19.1. The van der Waals surface area contributed by atoms with Crippen LogP contribution in [0, 0.1) is 11.7 Å². The second-order valence-electron chi connectivity index (χ2n) is 6.32. The van der Waals surface area contributed by atoms with Crippen molar-refractivity contribution in [1.29, 1.82) is 0 Å². The zero-order chi connectivity index (χ0) is 14.8. The van der Waals surface area contributed by atoms with Crippen LogP contribution in [0.3, 0.4) is 0 Å². The molecule has 106 valence electrons. The fourth-order valence-electron chi connectivity index (χ4n) is 3.25. The third-order valence-electron chi connectivity index (χ3n) is 4.73. The molecule has 0 bridgehead atoms. The molecule has 1 aliphatic carbocycles. The van der Waals surface area contributed by atoms with E-state index in [1.54, 1.807) is 6.07 Å². The summed E-state index contributed by atoms with van der Waals surface area (Å²) >= 11 is 0. The number of hydrogen-bond acceptors (Lipinski definition) is 0. The minimum absolute atomic E-state index is 0.201. The molecule has 3 rings (SSSR count). The number of benzene rings is 2. The van der Waals surface area contributed by atoms with Crippen molar-refractivity contribution in [3.05, 3.63) is 53.8 Å². The maximum atomic E-state index is 13.5. The van der Waals surface area contributed by atoms with Gasteiger partial charge < -0.3 is 0 Å². The maximum Gasteiger partial charge on any atom is 0.117 e. The highest BCUT2D eigenvalue weighted by Crippen LogP contribution is 2.36. The molecule has 0 aromatic heterocycles. The molecule has 1 saturated carbocycles. The third-order valence-corrected chi connectivity index (χ3v) is 4.73. The molecule has 0 heterocycles. The van der Waals surface area contributed by atoms with Crippen LogP contribution in [0.5, 0.6) is 0 Å². The van der Waals surface area contributed by atoms with Gasteiger partial charge in [-0.2, -0.15) is 0 Å². The lowest BCUT2D eigenvalue weighted by Crippen LogP contribution is -2.10. The Balaban J connectivity index is 1.79. The molecule has 21 heavy (non-hydrogen) atoms. The molecular weight excluding hydrogens is 258 g/mol. The first kappa shape index (κ1) is 14.4. The van der Waals surface area contributed by atoms with E-state index in [2.05, 4.69) is 31.2 Å². The van der Waals surface area contributed by atoms with Gasteiger partial charge in [-0.15, -0.1) is 0 Å². The van der Waals surface area contributed by atoms with Crippen LogP contribution in [0.15, 0.2) is 42.5 Å². The Hall–Kier alpha value is -1.57. The normalized spacial score (nSPS) is 22.2. The van der Waals surface area contributed by atoms with Crippen LogP contribution in [-0.2, 0) is 0 Å². The fourth-order valence-corrected chi connectivity index (χ4v) is 3.25. The summed E-state index contributed by atoms with van der Waals surface area (Å²) in [7, 11) is 5.52. The van der Waals surface area contributed by atoms with Gasteiger partial charge >= 0.3 is 0 Å². The molecular formula is C19H20BF. The summed E-state index contributed by atoms with van der Waals surface area (Å²) in [5.74, 6) is 1.22. The molecule has 0 amide bonds. The molecule has 1 aliphatic rings. The van der Waals surface area contributed by atoms with Crippen LogP contribution in [0.25, 0.3) is 11.1 Å². The summed E-state index contributed by atoms with van der Waals surface area (Å²) in [5.41, 5.74) is 3.54. The first-order valence-electron chi connectivity index (χ1n) is 7.79. The van der Waals surface area contributed by atoms with Crippen molar-refractivity contribution in [1.82, 2.24) is 0 Å². The maximum absolute atomic E-state index is 13.5. The minimum Gasteiger partial charge on any atom is -0.208 e. The Bertz CT molecular complexity index is 610. The van der Waals surface area contributed by atoms with E-state index in [4.69, 9.17) is 7.85 Å². The topological polar surface area (TPSA) is 0 Å². The largest absolute Gasteiger partial charge is 0.208 e. The van der Waals surface area contributed by atoms with E-state index in [1.807, 2.05) is 6.07 Å².